The number of aliphatic hydroxyl groups excluding tert-OH is 1. The molecule has 1 saturated heterocycles. The number of Topliss-reactive ketones (excluding diaryl/α,β-unsaturated/α-hetero) is 1. The molecule has 1 unspecified atom stereocenters. The summed E-state index contributed by atoms with van der Waals surface area (Å²) in [5, 5.41) is 29.9. The molecular weight excluding hydrogens is 541 g/mol. The summed E-state index contributed by atoms with van der Waals surface area (Å²) in [4.78, 5) is 27.9. The van der Waals surface area contributed by atoms with E-state index in [0.29, 0.717) is 21.2 Å². The molecule has 0 spiro atoms. The van der Waals surface area contributed by atoms with E-state index >= 15 is 0 Å². The molecule has 0 bridgehead atoms. The van der Waals surface area contributed by atoms with E-state index in [1.807, 2.05) is 6.92 Å². The molecule has 1 fully saturated rings. The van der Waals surface area contributed by atoms with Crippen molar-refractivity contribution in [3.05, 3.63) is 100 Å². The number of ketones is 1. The highest BCUT2D eigenvalue weighted by Gasteiger charge is 2.48. The SMILES string of the molecule is COc1cc(C2/C(=C(/O)c3ccc(C)cc3)C(=O)C(=O)N2c2nnc(SCc3ccc(F)cc3)s2)ccc1O. The van der Waals surface area contributed by atoms with Crippen molar-refractivity contribution in [2.75, 3.05) is 12.0 Å². The van der Waals surface area contributed by atoms with Crippen molar-refractivity contribution < 1.29 is 28.9 Å². The van der Waals surface area contributed by atoms with E-state index in [1.54, 1.807) is 42.5 Å². The van der Waals surface area contributed by atoms with Crippen LogP contribution in [0.25, 0.3) is 5.76 Å². The minimum atomic E-state index is -1.05. The number of carbonyl (C=O) groups is 2. The van der Waals surface area contributed by atoms with E-state index in [-0.39, 0.29) is 33.8 Å². The number of ether oxygens (including phenoxy) is 1. The summed E-state index contributed by atoms with van der Waals surface area (Å²) in [5.41, 5.74) is 2.53. The van der Waals surface area contributed by atoms with Gasteiger partial charge < -0.3 is 14.9 Å². The van der Waals surface area contributed by atoms with Crippen LogP contribution in [-0.2, 0) is 15.3 Å². The van der Waals surface area contributed by atoms with E-state index in [1.165, 1.54) is 48.0 Å². The summed E-state index contributed by atoms with van der Waals surface area (Å²) in [6.45, 7) is 1.90. The van der Waals surface area contributed by atoms with Crippen LogP contribution in [0.15, 0.2) is 76.6 Å². The first-order valence-electron chi connectivity index (χ1n) is 11.7. The molecular formula is C28H22FN3O5S2. The van der Waals surface area contributed by atoms with E-state index in [9.17, 15) is 24.2 Å². The Labute approximate surface area is 231 Å². The maximum atomic E-state index is 13.4. The maximum Gasteiger partial charge on any atom is 0.301 e. The zero-order valence-electron chi connectivity index (χ0n) is 20.8. The monoisotopic (exact) mass is 563 g/mol. The van der Waals surface area contributed by atoms with Gasteiger partial charge in [-0.25, -0.2) is 4.39 Å². The predicted molar refractivity (Wildman–Crippen MR) is 146 cm³/mol. The van der Waals surface area contributed by atoms with Gasteiger partial charge in [-0.05, 0) is 42.3 Å². The number of aromatic nitrogens is 2. The van der Waals surface area contributed by atoms with Crippen LogP contribution in [0, 0.1) is 12.7 Å². The average Bonchev–Trinajstić information content (AvgIpc) is 3.50. The minimum Gasteiger partial charge on any atom is -0.507 e. The number of halogens is 1. The standard InChI is InChI=1S/C28H22FN3O5S2/c1-15-3-7-17(8-4-15)24(34)22-23(18-9-12-20(33)21(13-18)37-2)32(26(36)25(22)35)27-30-31-28(39-27)38-14-16-5-10-19(29)11-6-16/h3-13,23,33-34H,14H2,1-2H3/b24-22-. The summed E-state index contributed by atoms with van der Waals surface area (Å²) in [6.07, 6.45) is 0. The minimum absolute atomic E-state index is 0.118. The number of aliphatic hydroxyl groups is 1. The molecule has 1 atom stereocenters. The second kappa shape index (κ2) is 10.9. The average molecular weight is 564 g/mol. The Kier molecular flexibility index (Phi) is 7.36. The van der Waals surface area contributed by atoms with E-state index in [2.05, 4.69) is 10.2 Å². The summed E-state index contributed by atoms with van der Waals surface area (Å²) in [5.74, 6) is -1.88. The van der Waals surface area contributed by atoms with Crippen LogP contribution in [0.1, 0.15) is 28.3 Å². The van der Waals surface area contributed by atoms with Gasteiger partial charge in [0.05, 0.1) is 18.7 Å². The van der Waals surface area contributed by atoms with E-state index in [4.69, 9.17) is 4.74 Å². The van der Waals surface area contributed by atoms with Gasteiger partial charge >= 0.3 is 5.91 Å². The third-order valence-corrected chi connectivity index (χ3v) is 8.29. The number of hydrogen-bond donors (Lipinski definition) is 2. The van der Waals surface area contributed by atoms with Crippen LogP contribution in [0.5, 0.6) is 11.5 Å². The molecule has 1 aliphatic heterocycles. The smallest absolute Gasteiger partial charge is 0.301 e. The molecule has 2 N–H and O–H groups in total. The molecule has 4 aromatic rings. The van der Waals surface area contributed by atoms with Crippen molar-refractivity contribution in [1.29, 1.82) is 0 Å². The molecule has 11 heteroatoms. The molecule has 0 saturated carbocycles. The molecule has 8 nitrogen and oxygen atoms in total. The van der Waals surface area contributed by atoms with Crippen molar-refractivity contribution in [1.82, 2.24) is 10.2 Å². The molecule has 198 valence electrons. The van der Waals surface area contributed by atoms with Gasteiger partial charge in [0, 0.05) is 11.3 Å². The highest BCUT2D eigenvalue weighted by molar-refractivity contribution is 8.00. The van der Waals surface area contributed by atoms with Gasteiger partial charge in [-0.2, -0.15) is 0 Å². The first kappa shape index (κ1) is 26.4. The molecule has 1 aromatic heterocycles. The normalized spacial score (nSPS) is 16.6. The lowest BCUT2D eigenvalue weighted by atomic mass is 9.95. The predicted octanol–water partition coefficient (Wildman–Crippen LogP) is 5.62. The topological polar surface area (TPSA) is 113 Å². The van der Waals surface area contributed by atoms with Gasteiger partial charge in [-0.3, -0.25) is 14.5 Å². The summed E-state index contributed by atoms with van der Waals surface area (Å²) < 4.78 is 19.0. The maximum absolute atomic E-state index is 13.4. The lowest BCUT2D eigenvalue weighted by molar-refractivity contribution is -0.132. The van der Waals surface area contributed by atoms with Crippen LogP contribution in [0.3, 0.4) is 0 Å². The number of rotatable bonds is 7. The number of amides is 1. The molecule has 3 aromatic carbocycles. The second-order valence-electron chi connectivity index (χ2n) is 8.73. The molecule has 0 aliphatic carbocycles. The Morgan fingerprint density at radius 3 is 2.49 bits per heavy atom. The zero-order chi connectivity index (χ0) is 27.7. The highest BCUT2D eigenvalue weighted by atomic mass is 32.2. The Balaban J connectivity index is 1.56. The number of carbonyl (C=O) groups excluding carboxylic acids is 2. The lowest BCUT2D eigenvalue weighted by Gasteiger charge is -2.23. The van der Waals surface area contributed by atoms with Crippen LogP contribution in [0.2, 0.25) is 0 Å². The van der Waals surface area contributed by atoms with Gasteiger partial charge in [0.2, 0.25) is 5.13 Å². The molecule has 1 amide bonds. The van der Waals surface area contributed by atoms with Gasteiger partial charge in [-0.1, -0.05) is 71.1 Å². The van der Waals surface area contributed by atoms with E-state index in [0.717, 1.165) is 22.5 Å². The number of phenols is 1. The van der Waals surface area contributed by atoms with Gasteiger partial charge in [0.15, 0.2) is 15.8 Å². The Hall–Kier alpha value is -4.22. The van der Waals surface area contributed by atoms with Crippen LogP contribution in [0.4, 0.5) is 9.52 Å². The first-order chi connectivity index (χ1) is 18.8. The van der Waals surface area contributed by atoms with Gasteiger partial charge in [-0.15, -0.1) is 10.2 Å². The Bertz CT molecular complexity index is 1590. The molecule has 0 radical (unpaired) electrons. The molecule has 5 rings (SSSR count). The number of aryl methyl sites for hydroxylation is 1. The number of nitrogens with zero attached hydrogens (tertiary/aromatic N) is 3. The van der Waals surface area contributed by atoms with Crippen LogP contribution >= 0.6 is 23.1 Å². The molecule has 39 heavy (non-hydrogen) atoms. The molecule has 2 heterocycles. The number of thioether (sulfide) groups is 1. The lowest BCUT2D eigenvalue weighted by Crippen LogP contribution is -2.29. The van der Waals surface area contributed by atoms with Crippen molar-refractivity contribution in [3.63, 3.8) is 0 Å². The Morgan fingerprint density at radius 1 is 1.08 bits per heavy atom. The third kappa shape index (κ3) is 5.23. The van der Waals surface area contributed by atoms with Crippen molar-refractivity contribution in [2.45, 2.75) is 23.1 Å². The van der Waals surface area contributed by atoms with Crippen molar-refractivity contribution in [2.24, 2.45) is 0 Å². The van der Waals surface area contributed by atoms with Crippen LogP contribution in [-0.4, -0.2) is 39.2 Å². The fourth-order valence-electron chi connectivity index (χ4n) is 4.16. The number of benzene rings is 3. The highest BCUT2D eigenvalue weighted by Crippen LogP contribution is 2.45. The summed E-state index contributed by atoms with van der Waals surface area (Å²) in [7, 11) is 1.39. The number of hydrogen-bond acceptors (Lipinski definition) is 9. The molecule has 1 aliphatic rings. The number of phenolic OH excluding ortho intramolecular Hbond substituents is 1. The summed E-state index contributed by atoms with van der Waals surface area (Å²) in [6, 6.07) is 16.4. The first-order valence-corrected chi connectivity index (χ1v) is 13.5. The Morgan fingerprint density at radius 2 is 1.79 bits per heavy atom. The number of aromatic hydroxyl groups is 1. The summed E-state index contributed by atoms with van der Waals surface area (Å²) >= 11 is 2.47. The van der Waals surface area contributed by atoms with E-state index < -0.39 is 17.7 Å². The zero-order valence-corrected chi connectivity index (χ0v) is 22.4. The van der Waals surface area contributed by atoms with Crippen molar-refractivity contribution in [3.8, 4) is 11.5 Å². The fourth-order valence-corrected chi connectivity index (χ4v) is 5.98. The second-order valence-corrected chi connectivity index (χ2v) is 10.9. The van der Waals surface area contributed by atoms with Crippen LogP contribution < -0.4 is 9.64 Å². The van der Waals surface area contributed by atoms with Gasteiger partial charge in [0.25, 0.3) is 5.78 Å². The van der Waals surface area contributed by atoms with Crippen molar-refractivity contribution >= 4 is 45.7 Å². The largest absolute Gasteiger partial charge is 0.507 e. The van der Waals surface area contributed by atoms with Gasteiger partial charge in [0.1, 0.15) is 11.6 Å². The number of anilines is 1. The number of methoxy groups -OCH3 is 1. The third-order valence-electron chi connectivity index (χ3n) is 6.17. The quantitative estimate of drug-likeness (QED) is 0.0980. The fraction of sp³-hybridized carbons (Fsp3) is 0.143.